The number of carboxylic acids is 1. The van der Waals surface area contributed by atoms with Crippen molar-refractivity contribution in [2.24, 2.45) is 5.73 Å². The molecule has 4 heteroatoms. The van der Waals surface area contributed by atoms with Gasteiger partial charge in [-0.25, -0.2) is 4.79 Å². The summed E-state index contributed by atoms with van der Waals surface area (Å²) >= 11 is 0. The lowest BCUT2D eigenvalue weighted by Gasteiger charge is -2.29. The summed E-state index contributed by atoms with van der Waals surface area (Å²) in [6.45, 7) is 0. The molecule has 1 aliphatic rings. The van der Waals surface area contributed by atoms with E-state index < -0.39 is 11.6 Å². The average Bonchev–Trinajstić information content (AvgIpc) is 2.18. The molecule has 0 saturated carbocycles. The van der Waals surface area contributed by atoms with Crippen LogP contribution in [-0.4, -0.2) is 11.1 Å². The summed E-state index contributed by atoms with van der Waals surface area (Å²) in [4.78, 5) is 11.0. The normalized spacial score (nSPS) is 23.8. The minimum absolute atomic E-state index is 0.579. The first-order valence-electron chi connectivity index (χ1n) is 4.20. The van der Waals surface area contributed by atoms with Crippen molar-refractivity contribution in [1.82, 2.24) is 5.32 Å². The largest absolute Gasteiger partial charge is 0.478 e. The van der Waals surface area contributed by atoms with Gasteiger partial charge in [0.1, 0.15) is 0 Å². The number of nitrogens with two attached hydrogens (primary N) is 1. The third-order valence-corrected chi connectivity index (χ3v) is 2.30. The van der Waals surface area contributed by atoms with Gasteiger partial charge in [-0.2, -0.15) is 0 Å². The van der Waals surface area contributed by atoms with Gasteiger partial charge in [-0.3, -0.25) is 5.73 Å². The van der Waals surface area contributed by atoms with Crippen molar-refractivity contribution in [3.63, 3.8) is 0 Å². The highest BCUT2D eigenvalue weighted by Crippen LogP contribution is 2.24. The number of rotatable bonds is 1. The maximum absolute atomic E-state index is 11.0. The van der Waals surface area contributed by atoms with E-state index in [0.717, 1.165) is 5.56 Å². The Kier molecular flexibility index (Phi) is 1.79. The first-order chi connectivity index (χ1) is 6.64. The van der Waals surface area contributed by atoms with Crippen LogP contribution < -0.4 is 11.1 Å². The Bertz CT molecular complexity index is 414. The van der Waals surface area contributed by atoms with Crippen LogP contribution in [0.3, 0.4) is 0 Å². The summed E-state index contributed by atoms with van der Waals surface area (Å²) < 4.78 is 0. The summed E-state index contributed by atoms with van der Waals surface area (Å²) in [7, 11) is 0. The Balaban J connectivity index is 2.61. The first-order valence-corrected chi connectivity index (χ1v) is 4.20. The van der Waals surface area contributed by atoms with E-state index in [2.05, 4.69) is 5.32 Å². The maximum Gasteiger partial charge on any atom is 0.349 e. The van der Waals surface area contributed by atoms with Crippen LogP contribution in [0.5, 0.6) is 0 Å². The number of nitrogens with one attached hydrogen (secondary N) is 1. The van der Waals surface area contributed by atoms with Gasteiger partial charge in [0.15, 0.2) is 0 Å². The van der Waals surface area contributed by atoms with Crippen LogP contribution in [0.15, 0.2) is 30.5 Å². The van der Waals surface area contributed by atoms with Crippen molar-refractivity contribution >= 4 is 12.0 Å². The number of carboxylic acid groups (broad SMARTS) is 1. The number of carbonyl (C=O) groups is 1. The summed E-state index contributed by atoms with van der Waals surface area (Å²) in [5, 5.41) is 11.7. The molecule has 0 aliphatic carbocycles. The van der Waals surface area contributed by atoms with Crippen molar-refractivity contribution in [1.29, 1.82) is 0 Å². The zero-order valence-corrected chi connectivity index (χ0v) is 7.40. The molecule has 0 fully saturated rings. The van der Waals surface area contributed by atoms with E-state index in [9.17, 15) is 4.79 Å². The molecule has 0 amide bonds. The molecule has 1 aromatic carbocycles. The lowest BCUT2D eigenvalue weighted by Crippen LogP contribution is -2.56. The molecular formula is C10H10N2O2. The molecule has 0 bridgehead atoms. The first kappa shape index (κ1) is 8.77. The number of fused-ring (bicyclic) bond motifs is 1. The summed E-state index contributed by atoms with van der Waals surface area (Å²) in [5.74, 6) is -1.09. The number of benzene rings is 1. The Morgan fingerprint density at radius 3 is 2.86 bits per heavy atom. The van der Waals surface area contributed by atoms with Gasteiger partial charge < -0.3 is 10.4 Å². The highest BCUT2D eigenvalue weighted by atomic mass is 16.4. The third-order valence-electron chi connectivity index (χ3n) is 2.30. The van der Waals surface area contributed by atoms with Gasteiger partial charge in [-0.15, -0.1) is 0 Å². The molecular weight excluding hydrogens is 180 g/mol. The summed E-state index contributed by atoms with van der Waals surface area (Å²) in [6, 6.07) is 7.15. The fraction of sp³-hybridized carbons (Fsp3) is 0.100. The van der Waals surface area contributed by atoms with Crippen LogP contribution in [0.1, 0.15) is 11.1 Å². The van der Waals surface area contributed by atoms with E-state index in [1.165, 1.54) is 0 Å². The smallest absolute Gasteiger partial charge is 0.349 e. The van der Waals surface area contributed by atoms with Gasteiger partial charge in [0.05, 0.1) is 0 Å². The van der Waals surface area contributed by atoms with E-state index in [-0.39, 0.29) is 0 Å². The van der Waals surface area contributed by atoms with E-state index >= 15 is 0 Å². The SMILES string of the molecule is NC1(C(=O)O)NC=Cc2ccccc21. The molecule has 14 heavy (non-hydrogen) atoms. The standard InChI is InChI=1S/C10H10N2O2/c11-10(9(13)14)8-4-2-1-3-7(8)5-6-12-10/h1-6,12H,11H2,(H,13,14). The Morgan fingerprint density at radius 1 is 1.43 bits per heavy atom. The Morgan fingerprint density at radius 2 is 2.14 bits per heavy atom. The molecule has 0 aromatic heterocycles. The van der Waals surface area contributed by atoms with E-state index in [4.69, 9.17) is 10.8 Å². The Labute approximate surface area is 81.0 Å². The van der Waals surface area contributed by atoms with Gasteiger partial charge in [0.2, 0.25) is 5.66 Å². The van der Waals surface area contributed by atoms with Crippen LogP contribution >= 0.6 is 0 Å². The molecule has 1 atom stereocenters. The van der Waals surface area contributed by atoms with Crippen LogP contribution in [0.25, 0.3) is 6.08 Å². The zero-order chi connectivity index (χ0) is 10.2. The minimum Gasteiger partial charge on any atom is -0.478 e. The average molecular weight is 190 g/mol. The van der Waals surface area contributed by atoms with Crippen molar-refractivity contribution in [2.75, 3.05) is 0 Å². The highest BCUT2D eigenvalue weighted by Gasteiger charge is 2.37. The summed E-state index contributed by atoms with van der Waals surface area (Å²) in [5.41, 5.74) is 5.65. The molecule has 4 N–H and O–H groups in total. The van der Waals surface area contributed by atoms with Crippen LogP contribution in [0.4, 0.5) is 0 Å². The second-order valence-electron chi connectivity index (χ2n) is 3.18. The molecule has 4 nitrogen and oxygen atoms in total. The number of aliphatic carboxylic acids is 1. The fourth-order valence-corrected chi connectivity index (χ4v) is 1.52. The molecule has 0 spiro atoms. The van der Waals surface area contributed by atoms with Crippen molar-refractivity contribution in [3.8, 4) is 0 Å². The number of hydrogen-bond donors (Lipinski definition) is 3. The summed E-state index contributed by atoms with van der Waals surface area (Å²) in [6.07, 6.45) is 3.35. The fourth-order valence-electron chi connectivity index (χ4n) is 1.52. The topological polar surface area (TPSA) is 75.4 Å². The minimum atomic E-state index is -1.51. The Hall–Kier alpha value is -1.81. The molecule has 1 unspecified atom stereocenters. The molecule has 1 aromatic rings. The molecule has 2 rings (SSSR count). The third kappa shape index (κ3) is 1.08. The van der Waals surface area contributed by atoms with Gasteiger partial charge in [0, 0.05) is 5.56 Å². The molecule has 1 heterocycles. The molecule has 72 valence electrons. The molecule has 0 saturated heterocycles. The van der Waals surface area contributed by atoms with Crippen LogP contribution in [0.2, 0.25) is 0 Å². The lowest BCUT2D eigenvalue weighted by atomic mass is 9.92. The van der Waals surface area contributed by atoms with E-state index in [1.807, 2.05) is 12.1 Å². The second kappa shape index (κ2) is 2.85. The van der Waals surface area contributed by atoms with Crippen LogP contribution in [0, 0.1) is 0 Å². The van der Waals surface area contributed by atoms with Gasteiger partial charge in [-0.05, 0) is 17.8 Å². The molecule has 1 aliphatic heterocycles. The van der Waals surface area contributed by atoms with Gasteiger partial charge in [-0.1, -0.05) is 24.3 Å². The van der Waals surface area contributed by atoms with E-state index in [0.29, 0.717) is 5.56 Å². The number of hydrogen-bond acceptors (Lipinski definition) is 3. The lowest BCUT2D eigenvalue weighted by molar-refractivity contribution is -0.144. The quantitative estimate of drug-likeness (QED) is 0.601. The predicted molar refractivity (Wildman–Crippen MR) is 52.1 cm³/mol. The predicted octanol–water partition coefficient (Wildman–Crippen LogP) is 0.457. The van der Waals surface area contributed by atoms with Gasteiger partial charge >= 0.3 is 5.97 Å². The molecule has 0 radical (unpaired) electrons. The van der Waals surface area contributed by atoms with Crippen molar-refractivity contribution in [3.05, 3.63) is 41.6 Å². The van der Waals surface area contributed by atoms with Crippen LogP contribution in [-0.2, 0) is 10.5 Å². The monoisotopic (exact) mass is 190 g/mol. The zero-order valence-electron chi connectivity index (χ0n) is 7.40. The van der Waals surface area contributed by atoms with Crippen molar-refractivity contribution < 1.29 is 9.90 Å². The van der Waals surface area contributed by atoms with Gasteiger partial charge in [0.25, 0.3) is 0 Å². The highest BCUT2D eigenvalue weighted by molar-refractivity contribution is 5.83. The second-order valence-corrected chi connectivity index (χ2v) is 3.18. The van der Waals surface area contributed by atoms with E-state index in [1.54, 1.807) is 24.4 Å². The maximum atomic E-state index is 11.0. The van der Waals surface area contributed by atoms with Crippen molar-refractivity contribution in [2.45, 2.75) is 5.66 Å².